The predicted molar refractivity (Wildman–Crippen MR) is 141 cm³/mol. The van der Waals surface area contributed by atoms with Gasteiger partial charge in [-0.3, -0.25) is 4.90 Å². The van der Waals surface area contributed by atoms with E-state index in [-0.39, 0.29) is 12.1 Å². The van der Waals surface area contributed by atoms with Crippen LogP contribution in [0.3, 0.4) is 0 Å². The quantitative estimate of drug-likeness (QED) is 0.364. The van der Waals surface area contributed by atoms with Gasteiger partial charge in [0.1, 0.15) is 11.9 Å². The Hall–Kier alpha value is -3.99. The lowest BCUT2D eigenvalue weighted by Gasteiger charge is -2.50. The van der Waals surface area contributed by atoms with E-state index >= 15 is 0 Å². The van der Waals surface area contributed by atoms with Crippen molar-refractivity contribution in [2.45, 2.75) is 25.6 Å². The van der Waals surface area contributed by atoms with Crippen molar-refractivity contribution < 1.29 is 4.74 Å². The van der Waals surface area contributed by atoms with Crippen LogP contribution in [-0.4, -0.2) is 56.8 Å². The van der Waals surface area contributed by atoms with Crippen LogP contribution in [0.5, 0.6) is 5.88 Å². The van der Waals surface area contributed by atoms with Crippen molar-refractivity contribution >= 4 is 27.3 Å². The number of fused-ring (bicyclic) bond motifs is 2. The van der Waals surface area contributed by atoms with Gasteiger partial charge in [-0.25, -0.2) is 14.5 Å². The first-order valence-corrected chi connectivity index (χ1v) is 12.7. The number of nitrogens with zero attached hydrogens (tertiary/aromatic N) is 8. The van der Waals surface area contributed by atoms with Crippen molar-refractivity contribution in [3.63, 3.8) is 0 Å². The van der Waals surface area contributed by atoms with Crippen molar-refractivity contribution in [2.75, 3.05) is 25.1 Å². The predicted octanol–water partition coefficient (Wildman–Crippen LogP) is 4.04. The van der Waals surface area contributed by atoms with Gasteiger partial charge in [0.05, 0.1) is 41.9 Å². The van der Waals surface area contributed by atoms with Gasteiger partial charge in [-0.15, -0.1) is 0 Å². The van der Waals surface area contributed by atoms with Gasteiger partial charge in [-0.2, -0.15) is 15.6 Å². The summed E-state index contributed by atoms with van der Waals surface area (Å²) in [4.78, 5) is 13.7. The molecule has 0 aliphatic carbocycles. The average Bonchev–Trinajstić information content (AvgIpc) is 3.39. The molecule has 0 saturated carbocycles. The molecule has 6 rings (SSSR count). The second kappa shape index (κ2) is 8.84. The Morgan fingerprint density at radius 1 is 1.16 bits per heavy atom. The number of aromatic nitrogens is 4. The molecule has 4 aromatic heterocycles. The van der Waals surface area contributed by atoms with Gasteiger partial charge in [0.25, 0.3) is 0 Å². The lowest BCUT2D eigenvalue weighted by molar-refractivity contribution is 0.192. The molecular formula is C27H23BrN8O. The standard InChI is InChI=1S/C27H23BrN8O/c1-27(15-30)16-34(12-17-3-6-24(37-2)32-9-17)22-14-35(26(22)27)23-5-4-18(10-31-23)21-7-20(28)13-36-25(21)19(8-29)11-33-36/h3-7,9-11,13,22,26H,12,14,16H2,1-2H3/t22-,26+,27+/m0/s1. The van der Waals surface area contributed by atoms with Gasteiger partial charge in [-0.1, -0.05) is 6.07 Å². The fraction of sp³-hybridized carbons (Fsp3) is 0.296. The molecule has 184 valence electrons. The summed E-state index contributed by atoms with van der Waals surface area (Å²) >= 11 is 3.54. The molecule has 0 aromatic carbocycles. The lowest BCUT2D eigenvalue weighted by Crippen LogP contribution is -2.65. The molecule has 9 nitrogen and oxygen atoms in total. The highest BCUT2D eigenvalue weighted by Gasteiger charge is 2.59. The summed E-state index contributed by atoms with van der Waals surface area (Å²) in [5.74, 6) is 1.44. The maximum absolute atomic E-state index is 10.1. The number of nitriles is 2. The van der Waals surface area contributed by atoms with E-state index in [4.69, 9.17) is 9.72 Å². The zero-order valence-corrected chi connectivity index (χ0v) is 21.9. The molecule has 0 N–H and O–H groups in total. The number of ether oxygens (including phenoxy) is 1. The number of methoxy groups -OCH3 is 1. The molecule has 0 bridgehead atoms. The van der Waals surface area contributed by atoms with Crippen LogP contribution in [-0.2, 0) is 6.54 Å². The Morgan fingerprint density at radius 3 is 2.70 bits per heavy atom. The molecule has 2 aliphatic rings. The van der Waals surface area contributed by atoms with E-state index < -0.39 is 5.41 Å². The minimum Gasteiger partial charge on any atom is -0.481 e. The molecule has 0 unspecified atom stereocenters. The molecule has 2 saturated heterocycles. The zero-order chi connectivity index (χ0) is 25.7. The third-order valence-corrected chi connectivity index (χ3v) is 7.87. The summed E-state index contributed by atoms with van der Waals surface area (Å²) in [6, 6.07) is 15.0. The number of rotatable bonds is 5. The molecule has 0 spiro atoms. The summed E-state index contributed by atoms with van der Waals surface area (Å²) in [5, 5.41) is 24.0. The summed E-state index contributed by atoms with van der Waals surface area (Å²) in [5.41, 5.74) is 3.62. The van der Waals surface area contributed by atoms with Gasteiger partial charge in [0, 0.05) is 65.9 Å². The number of hydrogen-bond acceptors (Lipinski definition) is 8. The van der Waals surface area contributed by atoms with Gasteiger partial charge in [0.15, 0.2) is 0 Å². The molecule has 6 heterocycles. The molecule has 3 atom stereocenters. The van der Waals surface area contributed by atoms with Crippen LogP contribution in [0.1, 0.15) is 18.1 Å². The Labute approximate surface area is 222 Å². The Balaban J connectivity index is 1.26. The third-order valence-electron chi connectivity index (χ3n) is 7.44. The maximum Gasteiger partial charge on any atom is 0.212 e. The Kier molecular flexibility index (Phi) is 5.59. The van der Waals surface area contributed by atoms with E-state index in [9.17, 15) is 10.5 Å². The van der Waals surface area contributed by atoms with Crippen molar-refractivity contribution in [2.24, 2.45) is 5.41 Å². The number of pyridine rings is 3. The second-order valence-corrected chi connectivity index (χ2v) is 10.7. The van der Waals surface area contributed by atoms with Gasteiger partial charge in [0.2, 0.25) is 5.88 Å². The van der Waals surface area contributed by atoms with Crippen LogP contribution >= 0.6 is 15.9 Å². The van der Waals surface area contributed by atoms with Crippen molar-refractivity contribution in [3.05, 3.63) is 70.7 Å². The monoisotopic (exact) mass is 554 g/mol. The minimum absolute atomic E-state index is 0.0552. The number of anilines is 1. The minimum atomic E-state index is -0.515. The van der Waals surface area contributed by atoms with Gasteiger partial charge in [-0.05, 0) is 46.6 Å². The van der Waals surface area contributed by atoms with Gasteiger partial charge >= 0.3 is 0 Å². The van der Waals surface area contributed by atoms with E-state index in [1.807, 2.05) is 55.8 Å². The van der Waals surface area contributed by atoms with E-state index in [1.54, 1.807) is 17.8 Å². The Bertz CT molecular complexity index is 1570. The fourth-order valence-electron chi connectivity index (χ4n) is 5.68. The number of likely N-dealkylation sites (tertiary alicyclic amines) is 1. The third kappa shape index (κ3) is 3.81. The van der Waals surface area contributed by atoms with Gasteiger partial charge < -0.3 is 9.64 Å². The molecule has 4 aromatic rings. The summed E-state index contributed by atoms with van der Waals surface area (Å²) in [6.45, 7) is 4.27. The SMILES string of the molecule is COc1ccc(CN2C[C@@](C)(C#N)[C@H]3[C@@H]2CN3c2ccc(-c3cc(Br)cn4ncc(C#N)c34)cn2)cn1. The van der Waals surface area contributed by atoms with Crippen LogP contribution in [0.2, 0.25) is 0 Å². The smallest absolute Gasteiger partial charge is 0.212 e. The molecule has 0 radical (unpaired) electrons. The van der Waals surface area contributed by atoms with Crippen molar-refractivity contribution in [3.8, 4) is 29.1 Å². The average molecular weight is 555 g/mol. The lowest BCUT2D eigenvalue weighted by atomic mass is 9.78. The normalized spacial score (nSPS) is 22.8. The molecule has 10 heteroatoms. The summed E-state index contributed by atoms with van der Waals surface area (Å²) in [6.07, 6.45) is 7.07. The van der Waals surface area contributed by atoms with E-state index in [0.717, 1.165) is 45.6 Å². The Morgan fingerprint density at radius 2 is 2.03 bits per heavy atom. The maximum atomic E-state index is 10.1. The van der Waals surface area contributed by atoms with Crippen LogP contribution in [0.25, 0.3) is 16.6 Å². The first-order chi connectivity index (χ1) is 17.9. The van der Waals surface area contributed by atoms with E-state index in [1.165, 1.54) is 0 Å². The molecular weight excluding hydrogens is 532 g/mol. The summed E-state index contributed by atoms with van der Waals surface area (Å²) < 4.78 is 7.74. The van der Waals surface area contributed by atoms with Crippen LogP contribution in [0.15, 0.2) is 59.6 Å². The zero-order valence-electron chi connectivity index (χ0n) is 20.3. The van der Waals surface area contributed by atoms with Crippen LogP contribution < -0.4 is 9.64 Å². The molecule has 2 fully saturated rings. The highest BCUT2D eigenvalue weighted by molar-refractivity contribution is 9.10. The molecule has 37 heavy (non-hydrogen) atoms. The van der Waals surface area contributed by atoms with E-state index in [2.05, 4.69) is 48.0 Å². The first kappa shape index (κ1) is 23.4. The highest BCUT2D eigenvalue weighted by atomic mass is 79.9. The van der Waals surface area contributed by atoms with Crippen molar-refractivity contribution in [1.29, 1.82) is 10.5 Å². The number of halogens is 1. The van der Waals surface area contributed by atoms with Crippen LogP contribution in [0, 0.1) is 28.1 Å². The topological polar surface area (TPSA) is 106 Å². The molecule has 2 aliphatic heterocycles. The first-order valence-electron chi connectivity index (χ1n) is 11.9. The number of hydrogen-bond donors (Lipinski definition) is 0. The largest absolute Gasteiger partial charge is 0.481 e. The summed E-state index contributed by atoms with van der Waals surface area (Å²) in [7, 11) is 1.61. The molecule has 0 amide bonds. The fourth-order valence-corrected chi connectivity index (χ4v) is 6.10. The second-order valence-electron chi connectivity index (χ2n) is 9.75. The van der Waals surface area contributed by atoms with Crippen molar-refractivity contribution in [1.82, 2.24) is 24.5 Å². The highest BCUT2D eigenvalue weighted by Crippen LogP contribution is 2.46. The van der Waals surface area contributed by atoms with Crippen LogP contribution in [0.4, 0.5) is 5.82 Å². The van der Waals surface area contributed by atoms with E-state index in [0.29, 0.717) is 18.0 Å².